The van der Waals surface area contributed by atoms with Gasteiger partial charge in [0.05, 0.1) is 16.1 Å². The van der Waals surface area contributed by atoms with Crippen LogP contribution in [0.5, 0.6) is 0 Å². The van der Waals surface area contributed by atoms with Crippen LogP contribution in [0.25, 0.3) is 0 Å². The molecular weight excluding hydrogens is 199 g/mol. The van der Waals surface area contributed by atoms with E-state index in [2.05, 4.69) is 21.1 Å². The first kappa shape index (κ1) is 7.47. The average Bonchev–Trinajstić information content (AvgIpc) is 1.88. The van der Waals surface area contributed by atoms with E-state index in [-0.39, 0.29) is 5.82 Å². The highest BCUT2D eigenvalue weighted by molar-refractivity contribution is 9.10. The van der Waals surface area contributed by atoms with Crippen LogP contribution in [-0.4, -0.2) is 12.0 Å². The summed E-state index contributed by atoms with van der Waals surface area (Å²) in [5, 5.41) is 0. The van der Waals surface area contributed by atoms with Crippen molar-refractivity contribution in [3.8, 4) is 0 Å². The molecule has 54 valence electrons. The second-order valence-electron chi connectivity index (χ2n) is 1.81. The first-order valence-corrected chi connectivity index (χ1v) is 3.42. The predicted octanol–water partition coefficient (Wildman–Crippen LogP) is 1.97. The molecule has 0 spiro atoms. The highest BCUT2D eigenvalue weighted by Gasteiger charge is 1.97. The normalized spacial score (nSPS) is 9.50. The lowest BCUT2D eigenvalue weighted by molar-refractivity contribution is 0.626. The second-order valence-corrected chi connectivity index (χ2v) is 2.87. The second kappa shape index (κ2) is 2.96. The van der Waals surface area contributed by atoms with Crippen molar-refractivity contribution < 1.29 is 4.39 Å². The molecule has 10 heavy (non-hydrogen) atoms. The van der Waals surface area contributed by atoms with Crippen molar-refractivity contribution in [3.63, 3.8) is 0 Å². The summed E-state index contributed by atoms with van der Waals surface area (Å²) < 4.78 is 14.0. The molecule has 0 atom stereocenters. The molecule has 0 bridgehead atoms. The largest absolute Gasteiger partial charge is 0.296 e. The quantitative estimate of drug-likeness (QED) is 0.651. The van der Waals surface area contributed by atoms with E-state index in [9.17, 15) is 4.39 Å². The van der Waals surface area contributed by atoms with E-state index in [1.54, 1.807) is 11.0 Å². The fourth-order valence-corrected chi connectivity index (χ4v) is 0.756. The Morgan fingerprint density at radius 1 is 1.70 bits per heavy atom. The molecule has 0 saturated carbocycles. The van der Waals surface area contributed by atoms with Gasteiger partial charge >= 0.3 is 0 Å². The van der Waals surface area contributed by atoms with Gasteiger partial charge in [-0.1, -0.05) is 0 Å². The van der Waals surface area contributed by atoms with Crippen LogP contribution in [0.3, 0.4) is 0 Å². The maximum absolute atomic E-state index is 12.4. The van der Waals surface area contributed by atoms with Gasteiger partial charge in [-0.3, -0.25) is 3.93 Å². The summed E-state index contributed by atoms with van der Waals surface area (Å²) in [7, 11) is 1.74. The molecular formula is C6H6BrFN2. The number of anilines is 1. The summed E-state index contributed by atoms with van der Waals surface area (Å²) in [6, 6.07) is 2.65. The van der Waals surface area contributed by atoms with Crippen LogP contribution in [0.4, 0.5) is 10.2 Å². The smallest absolute Gasteiger partial charge is 0.141 e. The lowest BCUT2D eigenvalue weighted by Crippen LogP contribution is -2.01. The van der Waals surface area contributed by atoms with Gasteiger partial charge in [-0.2, -0.15) is 0 Å². The number of rotatable bonds is 1. The molecule has 0 radical (unpaired) electrons. The Kier molecular flexibility index (Phi) is 2.21. The van der Waals surface area contributed by atoms with E-state index in [4.69, 9.17) is 0 Å². The SMILES string of the molecule is CN(Br)c1cc(F)ccn1. The zero-order chi connectivity index (χ0) is 7.56. The van der Waals surface area contributed by atoms with Crippen LogP contribution in [0.15, 0.2) is 18.3 Å². The highest BCUT2D eigenvalue weighted by atomic mass is 79.9. The average molecular weight is 205 g/mol. The zero-order valence-electron chi connectivity index (χ0n) is 5.38. The molecule has 0 unspecified atom stereocenters. The Hall–Kier alpha value is -0.640. The Morgan fingerprint density at radius 3 is 2.80 bits per heavy atom. The number of hydrogen-bond donors (Lipinski definition) is 0. The van der Waals surface area contributed by atoms with Crippen LogP contribution in [0, 0.1) is 5.82 Å². The van der Waals surface area contributed by atoms with Crippen LogP contribution in [0.2, 0.25) is 0 Å². The summed E-state index contributed by atoms with van der Waals surface area (Å²) in [5.41, 5.74) is 0. The Labute approximate surface area is 67.0 Å². The van der Waals surface area contributed by atoms with Gasteiger partial charge in [0.15, 0.2) is 0 Å². The molecule has 1 rings (SSSR count). The molecule has 1 aromatic heterocycles. The van der Waals surface area contributed by atoms with Crippen molar-refractivity contribution in [2.75, 3.05) is 11.0 Å². The van der Waals surface area contributed by atoms with Gasteiger partial charge in [-0.25, -0.2) is 9.37 Å². The van der Waals surface area contributed by atoms with Crippen molar-refractivity contribution in [3.05, 3.63) is 24.1 Å². The zero-order valence-corrected chi connectivity index (χ0v) is 6.97. The van der Waals surface area contributed by atoms with Gasteiger partial charge < -0.3 is 0 Å². The molecule has 0 N–H and O–H groups in total. The minimum Gasteiger partial charge on any atom is -0.296 e. The first-order valence-electron chi connectivity index (χ1n) is 2.71. The fraction of sp³-hybridized carbons (Fsp3) is 0.167. The summed E-state index contributed by atoms with van der Waals surface area (Å²) in [6.07, 6.45) is 1.42. The number of halogens is 2. The highest BCUT2D eigenvalue weighted by Crippen LogP contribution is 2.12. The van der Waals surface area contributed by atoms with Crippen molar-refractivity contribution in [1.29, 1.82) is 0 Å². The minimum atomic E-state index is -0.281. The van der Waals surface area contributed by atoms with Crippen molar-refractivity contribution in [2.24, 2.45) is 0 Å². The van der Waals surface area contributed by atoms with Crippen LogP contribution < -0.4 is 3.93 Å². The molecule has 0 saturated heterocycles. The van der Waals surface area contributed by atoms with Crippen LogP contribution in [0.1, 0.15) is 0 Å². The maximum atomic E-state index is 12.4. The van der Waals surface area contributed by atoms with Gasteiger partial charge in [-0.15, -0.1) is 0 Å². The third-order valence-corrected chi connectivity index (χ3v) is 1.39. The maximum Gasteiger partial charge on any atom is 0.141 e. The van der Waals surface area contributed by atoms with Gasteiger partial charge in [0.25, 0.3) is 0 Å². The minimum absolute atomic E-state index is 0.281. The summed E-state index contributed by atoms with van der Waals surface area (Å²) in [4.78, 5) is 3.88. The van der Waals surface area contributed by atoms with Gasteiger partial charge in [0.2, 0.25) is 0 Å². The fourth-order valence-electron chi connectivity index (χ4n) is 0.562. The third kappa shape index (κ3) is 1.67. The van der Waals surface area contributed by atoms with E-state index >= 15 is 0 Å². The van der Waals surface area contributed by atoms with Crippen LogP contribution in [-0.2, 0) is 0 Å². The van der Waals surface area contributed by atoms with Gasteiger partial charge in [0, 0.05) is 19.3 Å². The number of hydrogen-bond acceptors (Lipinski definition) is 2. The standard InChI is InChI=1S/C6H6BrFN2/c1-10(7)6-4-5(8)2-3-9-6/h2-4H,1H3. The molecule has 0 amide bonds. The van der Waals surface area contributed by atoms with E-state index < -0.39 is 0 Å². The molecule has 1 aromatic rings. The monoisotopic (exact) mass is 204 g/mol. The van der Waals surface area contributed by atoms with Crippen molar-refractivity contribution in [2.45, 2.75) is 0 Å². The molecule has 0 aliphatic carbocycles. The molecule has 0 aliphatic rings. The number of aromatic nitrogens is 1. The summed E-state index contributed by atoms with van der Waals surface area (Å²) in [5.74, 6) is 0.274. The van der Waals surface area contributed by atoms with Crippen molar-refractivity contribution in [1.82, 2.24) is 4.98 Å². The molecule has 0 aromatic carbocycles. The van der Waals surface area contributed by atoms with Gasteiger partial charge in [-0.05, 0) is 6.07 Å². The Balaban J connectivity index is 2.96. The topological polar surface area (TPSA) is 16.1 Å². The van der Waals surface area contributed by atoms with E-state index in [0.717, 1.165) is 0 Å². The molecule has 0 fully saturated rings. The van der Waals surface area contributed by atoms with Gasteiger partial charge in [0.1, 0.15) is 11.6 Å². The van der Waals surface area contributed by atoms with E-state index in [1.807, 2.05) is 0 Å². The summed E-state index contributed by atoms with van der Waals surface area (Å²) in [6.45, 7) is 0. The summed E-state index contributed by atoms with van der Waals surface area (Å²) >= 11 is 3.12. The van der Waals surface area contributed by atoms with Crippen LogP contribution >= 0.6 is 16.1 Å². The third-order valence-electron chi connectivity index (χ3n) is 1.02. The molecule has 0 aliphatic heterocycles. The van der Waals surface area contributed by atoms with Crippen molar-refractivity contribution >= 4 is 22.0 Å². The Bertz CT molecular complexity index is 227. The Morgan fingerprint density at radius 2 is 2.40 bits per heavy atom. The molecule has 1 heterocycles. The predicted molar refractivity (Wildman–Crippen MR) is 41.5 cm³/mol. The molecule has 2 nitrogen and oxygen atoms in total. The molecule has 4 heteroatoms. The lowest BCUT2D eigenvalue weighted by atomic mass is 10.4. The lowest BCUT2D eigenvalue weighted by Gasteiger charge is -2.06. The number of nitrogens with zero attached hydrogens (tertiary/aromatic N) is 2. The van der Waals surface area contributed by atoms with E-state index in [0.29, 0.717) is 5.82 Å². The van der Waals surface area contributed by atoms with E-state index in [1.165, 1.54) is 18.3 Å². The number of pyridine rings is 1. The first-order chi connectivity index (χ1) is 4.70.